The molecule has 0 spiro atoms. The first-order chi connectivity index (χ1) is 12.7. The minimum atomic E-state index is 0.107. The lowest BCUT2D eigenvalue weighted by atomic mass is 10.3. The third kappa shape index (κ3) is 5.47. The summed E-state index contributed by atoms with van der Waals surface area (Å²) in [5.74, 6) is 1.73. The quantitative estimate of drug-likeness (QED) is 0.433. The molecule has 2 aromatic carbocycles. The molecule has 0 radical (unpaired) electrons. The monoisotopic (exact) mass is 386 g/mol. The van der Waals surface area contributed by atoms with Gasteiger partial charge in [-0.05, 0) is 42.8 Å². The van der Waals surface area contributed by atoms with E-state index in [-0.39, 0.29) is 5.91 Å². The van der Waals surface area contributed by atoms with Crippen molar-refractivity contribution in [2.24, 2.45) is 0 Å². The molecule has 1 heterocycles. The van der Waals surface area contributed by atoms with Crippen molar-refractivity contribution in [3.05, 3.63) is 53.5 Å². The Morgan fingerprint density at radius 2 is 2.00 bits per heavy atom. The van der Waals surface area contributed by atoms with Crippen LogP contribution in [0, 0.1) is 0 Å². The van der Waals surface area contributed by atoms with Crippen LogP contribution in [-0.2, 0) is 11.2 Å². The number of methoxy groups -OCH3 is 1. The first-order valence-electron chi connectivity index (χ1n) is 8.62. The molecule has 0 fully saturated rings. The minimum absolute atomic E-state index is 0.107. The Kier molecular flexibility index (Phi) is 6.91. The van der Waals surface area contributed by atoms with E-state index in [0.29, 0.717) is 13.0 Å². The zero-order valence-electron chi connectivity index (χ0n) is 14.7. The van der Waals surface area contributed by atoms with Crippen molar-refractivity contribution in [1.82, 2.24) is 10.3 Å². The van der Waals surface area contributed by atoms with Crippen LogP contribution in [0.1, 0.15) is 17.8 Å². The maximum absolute atomic E-state index is 11.9. The van der Waals surface area contributed by atoms with Crippen LogP contribution >= 0.6 is 23.1 Å². The van der Waals surface area contributed by atoms with E-state index in [1.807, 2.05) is 42.5 Å². The van der Waals surface area contributed by atoms with Crippen molar-refractivity contribution in [2.75, 3.05) is 19.4 Å². The van der Waals surface area contributed by atoms with Gasteiger partial charge in [0.1, 0.15) is 5.75 Å². The van der Waals surface area contributed by atoms with Crippen molar-refractivity contribution < 1.29 is 9.53 Å². The standard InChI is InChI=1S/C20H22N2O2S2/c1-24-15-8-10-16(11-9-15)25-14-12-19(23)21-13-4-7-20-22-17-5-2-3-6-18(17)26-20/h2-3,5-6,8-11H,4,7,12-14H2,1H3,(H,21,23). The number of para-hydroxylation sites is 1. The summed E-state index contributed by atoms with van der Waals surface area (Å²) in [6.45, 7) is 0.696. The van der Waals surface area contributed by atoms with Crippen molar-refractivity contribution in [1.29, 1.82) is 0 Å². The van der Waals surface area contributed by atoms with E-state index in [0.717, 1.165) is 39.8 Å². The molecule has 0 aliphatic heterocycles. The molecule has 136 valence electrons. The third-order valence-electron chi connectivity index (χ3n) is 3.89. The fourth-order valence-electron chi connectivity index (χ4n) is 2.52. The number of thiazole rings is 1. The Hall–Kier alpha value is -2.05. The molecular formula is C20H22N2O2S2. The summed E-state index contributed by atoms with van der Waals surface area (Å²) in [4.78, 5) is 17.7. The van der Waals surface area contributed by atoms with Gasteiger partial charge in [-0.2, -0.15) is 0 Å². The van der Waals surface area contributed by atoms with E-state index in [4.69, 9.17) is 4.74 Å². The molecule has 1 aromatic heterocycles. The van der Waals surface area contributed by atoms with Gasteiger partial charge in [-0.1, -0.05) is 12.1 Å². The highest BCUT2D eigenvalue weighted by atomic mass is 32.2. The van der Waals surface area contributed by atoms with Gasteiger partial charge < -0.3 is 10.1 Å². The fraction of sp³-hybridized carbons (Fsp3) is 0.300. The summed E-state index contributed by atoms with van der Waals surface area (Å²) in [6.07, 6.45) is 2.34. The van der Waals surface area contributed by atoms with Gasteiger partial charge in [0.25, 0.3) is 0 Å². The lowest BCUT2D eigenvalue weighted by Gasteiger charge is -2.05. The molecule has 0 aliphatic rings. The number of fused-ring (bicyclic) bond motifs is 1. The van der Waals surface area contributed by atoms with Gasteiger partial charge in [0.2, 0.25) is 5.91 Å². The molecule has 26 heavy (non-hydrogen) atoms. The fourth-order valence-corrected chi connectivity index (χ4v) is 4.38. The topological polar surface area (TPSA) is 51.2 Å². The Balaban J connectivity index is 1.31. The van der Waals surface area contributed by atoms with Gasteiger partial charge in [0, 0.05) is 30.0 Å². The van der Waals surface area contributed by atoms with Crippen molar-refractivity contribution in [3.8, 4) is 5.75 Å². The lowest BCUT2D eigenvalue weighted by Crippen LogP contribution is -2.24. The number of carbonyl (C=O) groups is 1. The summed E-state index contributed by atoms with van der Waals surface area (Å²) in [5, 5.41) is 4.13. The average molecular weight is 387 g/mol. The van der Waals surface area contributed by atoms with E-state index in [1.54, 1.807) is 30.2 Å². The molecule has 1 amide bonds. The SMILES string of the molecule is COc1ccc(SCCC(=O)NCCCc2nc3ccccc3s2)cc1. The second kappa shape index (κ2) is 9.59. The number of aromatic nitrogens is 1. The molecule has 0 bridgehead atoms. The van der Waals surface area contributed by atoms with Crippen molar-refractivity contribution in [3.63, 3.8) is 0 Å². The van der Waals surface area contributed by atoms with Gasteiger partial charge >= 0.3 is 0 Å². The maximum atomic E-state index is 11.9. The van der Waals surface area contributed by atoms with E-state index in [9.17, 15) is 4.79 Å². The Morgan fingerprint density at radius 1 is 1.19 bits per heavy atom. The normalized spacial score (nSPS) is 10.8. The second-order valence-corrected chi connectivity index (χ2v) is 8.09. The van der Waals surface area contributed by atoms with Crippen LogP contribution in [0.5, 0.6) is 5.75 Å². The van der Waals surface area contributed by atoms with E-state index in [1.165, 1.54) is 4.70 Å². The highest BCUT2D eigenvalue weighted by Gasteiger charge is 2.05. The number of nitrogens with one attached hydrogen (secondary N) is 1. The van der Waals surface area contributed by atoms with Crippen molar-refractivity contribution >= 4 is 39.2 Å². The summed E-state index contributed by atoms with van der Waals surface area (Å²) in [5.41, 5.74) is 1.06. The first kappa shape index (κ1) is 18.7. The Bertz CT molecular complexity index is 813. The molecule has 0 saturated heterocycles. The molecule has 4 nitrogen and oxygen atoms in total. The number of benzene rings is 2. The maximum Gasteiger partial charge on any atom is 0.220 e. The largest absolute Gasteiger partial charge is 0.497 e. The highest BCUT2D eigenvalue weighted by Crippen LogP contribution is 2.23. The Labute approximate surface area is 162 Å². The number of hydrogen-bond donors (Lipinski definition) is 1. The number of carbonyl (C=O) groups excluding carboxylic acids is 1. The number of rotatable bonds is 9. The zero-order chi connectivity index (χ0) is 18.2. The number of aryl methyl sites for hydroxylation is 1. The Morgan fingerprint density at radius 3 is 2.77 bits per heavy atom. The van der Waals surface area contributed by atoms with Crippen LogP contribution in [0.4, 0.5) is 0 Å². The lowest BCUT2D eigenvalue weighted by molar-refractivity contribution is -0.120. The number of ether oxygens (including phenoxy) is 1. The predicted molar refractivity (Wildman–Crippen MR) is 109 cm³/mol. The summed E-state index contributed by atoms with van der Waals surface area (Å²) in [7, 11) is 1.66. The van der Waals surface area contributed by atoms with Gasteiger partial charge in [-0.25, -0.2) is 4.98 Å². The van der Waals surface area contributed by atoms with Gasteiger partial charge in [0.15, 0.2) is 0 Å². The molecule has 0 saturated carbocycles. The zero-order valence-corrected chi connectivity index (χ0v) is 16.4. The molecule has 3 rings (SSSR count). The van der Waals surface area contributed by atoms with Gasteiger partial charge in [-0.15, -0.1) is 23.1 Å². The highest BCUT2D eigenvalue weighted by molar-refractivity contribution is 7.99. The second-order valence-electron chi connectivity index (χ2n) is 5.80. The van der Waals surface area contributed by atoms with Crippen LogP contribution in [0.25, 0.3) is 10.2 Å². The van der Waals surface area contributed by atoms with Crippen molar-refractivity contribution in [2.45, 2.75) is 24.2 Å². The van der Waals surface area contributed by atoms with Crippen LogP contribution < -0.4 is 10.1 Å². The number of amides is 1. The van der Waals surface area contributed by atoms with Crippen LogP contribution in [0.2, 0.25) is 0 Å². The molecule has 3 aromatic rings. The van der Waals surface area contributed by atoms with E-state index < -0.39 is 0 Å². The minimum Gasteiger partial charge on any atom is -0.497 e. The van der Waals surface area contributed by atoms with Gasteiger partial charge in [-0.3, -0.25) is 4.79 Å². The van der Waals surface area contributed by atoms with Crippen LogP contribution in [0.3, 0.4) is 0 Å². The third-order valence-corrected chi connectivity index (χ3v) is 5.99. The molecule has 6 heteroatoms. The summed E-state index contributed by atoms with van der Waals surface area (Å²) < 4.78 is 6.36. The smallest absolute Gasteiger partial charge is 0.220 e. The molecular weight excluding hydrogens is 364 g/mol. The number of hydrogen-bond acceptors (Lipinski definition) is 5. The summed E-state index contributed by atoms with van der Waals surface area (Å²) in [6, 6.07) is 16.1. The number of thioether (sulfide) groups is 1. The van der Waals surface area contributed by atoms with Crippen LogP contribution in [-0.4, -0.2) is 30.3 Å². The molecule has 0 unspecified atom stereocenters. The predicted octanol–water partition coefficient (Wildman–Crippen LogP) is 4.54. The molecule has 0 atom stereocenters. The van der Waals surface area contributed by atoms with E-state index in [2.05, 4.69) is 16.4 Å². The average Bonchev–Trinajstić information content (AvgIpc) is 3.09. The van der Waals surface area contributed by atoms with Crippen LogP contribution in [0.15, 0.2) is 53.4 Å². The van der Waals surface area contributed by atoms with Gasteiger partial charge in [0.05, 0.1) is 22.3 Å². The number of nitrogens with zero attached hydrogens (tertiary/aromatic N) is 1. The van der Waals surface area contributed by atoms with E-state index >= 15 is 0 Å². The molecule has 1 N–H and O–H groups in total. The summed E-state index contributed by atoms with van der Waals surface area (Å²) >= 11 is 3.42. The first-order valence-corrected chi connectivity index (χ1v) is 10.4. The molecule has 0 aliphatic carbocycles.